The fraction of sp³-hybridized carbons (Fsp3) is 0.259. The van der Waals surface area contributed by atoms with E-state index in [-0.39, 0.29) is 10.9 Å². The number of nitrogens with zero attached hydrogens (tertiary/aromatic N) is 7. The van der Waals surface area contributed by atoms with Crippen LogP contribution >= 0.6 is 0 Å². The predicted molar refractivity (Wildman–Crippen MR) is 266 cm³/mol. The molecule has 0 bridgehead atoms. The number of ether oxygens (including phenoxy) is 6. The molecule has 0 radical (unpaired) electrons. The van der Waals surface area contributed by atoms with E-state index < -0.39 is 0 Å². The Morgan fingerprint density at radius 1 is 0.451 bits per heavy atom. The Kier molecular flexibility index (Phi) is 16.6. The molecule has 0 aliphatic carbocycles. The summed E-state index contributed by atoms with van der Waals surface area (Å²) in [4.78, 5) is 27.5. The average Bonchev–Trinajstić information content (AvgIpc) is 4.06. The summed E-state index contributed by atoms with van der Waals surface area (Å²) in [6.07, 6.45) is 3.85. The van der Waals surface area contributed by atoms with Crippen LogP contribution in [-0.2, 0) is 45.1 Å². The topological polar surface area (TPSA) is 180 Å². The summed E-state index contributed by atoms with van der Waals surface area (Å²) in [7, 11) is 0. The molecule has 4 aromatic heterocycles. The van der Waals surface area contributed by atoms with Gasteiger partial charge < -0.3 is 42.2 Å². The van der Waals surface area contributed by atoms with Crippen molar-refractivity contribution in [2.75, 3.05) is 71.0 Å². The number of anilines is 1. The molecule has 71 heavy (non-hydrogen) atoms. The van der Waals surface area contributed by atoms with E-state index in [1.54, 1.807) is 45.8 Å². The summed E-state index contributed by atoms with van der Waals surface area (Å²) < 4.78 is 50.3. The summed E-state index contributed by atoms with van der Waals surface area (Å²) >= 11 is 0. The van der Waals surface area contributed by atoms with Crippen molar-refractivity contribution in [2.24, 2.45) is 0 Å². The Morgan fingerprint density at radius 2 is 0.859 bits per heavy atom. The molecule has 4 heterocycles. The van der Waals surface area contributed by atoms with Crippen molar-refractivity contribution in [1.82, 2.24) is 30.0 Å². The van der Waals surface area contributed by atoms with Gasteiger partial charge in [0.15, 0.2) is 10.9 Å². The van der Waals surface area contributed by atoms with Crippen LogP contribution in [0.25, 0.3) is 44.6 Å². The van der Waals surface area contributed by atoms with Gasteiger partial charge in [-0.2, -0.15) is 0 Å². The first-order valence-corrected chi connectivity index (χ1v) is 23.4. The minimum Gasteiger partial charge on any atom is -0.491 e. The van der Waals surface area contributed by atoms with Gasteiger partial charge in [-0.3, -0.25) is 9.59 Å². The minimum atomic E-state index is -0.106. The lowest BCUT2D eigenvalue weighted by molar-refractivity contribution is 0.0333. The summed E-state index contributed by atoms with van der Waals surface area (Å²) in [5, 5.41) is 18.5. The molecular weight excluding hydrogens is 907 g/mol. The molecule has 0 saturated heterocycles. The van der Waals surface area contributed by atoms with Crippen LogP contribution in [0, 0.1) is 0 Å². The van der Waals surface area contributed by atoms with Gasteiger partial charge in [-0.05, 0) is 36.4 Å². The van der Waals surface area contributed by atoms with E-state index in [9.17, 15) is 9.59 Å². The number of aromatic nitrogens is 6. The zero-order valence-electron chi connectivity index (χ0n) is 39.0. The van der Waals surface area contributed by atoms with Crippen LogP contribution in [0.3, 0.4) is 0 Å². The summed E-state index contributed by atoms with van der Waals surface area (Å²) in [5.74, 6) is 2.20. The molecule has 364 valence electrons. The molecule has 0 spiro atoms. The summed E-state index contributed by atoms with van der Waals surface area (Å²) in [5.41, 5.74) is 5.01. The van der Waals surface area contributed by atoms with Gasteiger partial charge in [0.25, 0.3) is 0 Å². The van der Waals surface area contributed by atoms with E-state index in [2.05, 4.69) is 37.7 Å². The maximum Gasteiger partial charge on any atom is 0.193 e. The zero-order valence-corrected chi connectivity index (χ0v) is 39.0. The first kappa shape index (κ1) is 48.1. The Hall–Kier alpha value is -7.96. The number of fused-ring (bicyclic) bond motifs is 2. The van der Waals surface area contributed by atoms with Crippen LogP contribution in [0.4, 0.5) is 5.69 Å². The van der Waals surface area contributed by atoms with Gasteiger partial charge in [-0.15, -0.1) is 10.2 Å². The molecule has 17 heteroatoms. The summed E-state index contributed by atoms with van der Waals surface area (Å²) in [6, 6.07) is 42.5. The largest absolute Gasteiger partial charge is 0.491 e. The fourth-order valence-electron chi connectivity index (χ4n) is 7.65. The molecule has 0 N–H and O–H groups in total. The van der Waals surface area contributed by atoms with E-state index >= 15 is 0 Å². The highest BCUT2D eigenvalue weighted by Gasteiger charge is 2.15. The van der Waals surface area contributed by atoms with E-state index in [1.165, 1.54) is 12.1 Å². The van der Waals surface area contributed by atoms with Gasteiger partial charge in [0.05, 0.1) is 102 Å². The van der Waals surface area contributed by atoms with Gasteiger partial charge in [0.1, 0.15) is 58.8 Å². The molecule has 9 aromatic rings. The molecule has 0 aliphatic rings. The van der Waals surface area contributed by atoms with E-state index in [0.717, 1.165) is 28.2 Å². The fourth-order valence-corrected chi connectivity index (χ4v) is 7.65. The second-order valence-corrected chi connectivity index (χ2v) is 16.3. The van der Waals surface area contributed by atoms with E-state index in [1.807, 2.05) is 91.3 Å². The van der Waals surface area contributed by atoms with Gasteiger partial charge in [0.2, 0.25) is 0 Å². The maximum atomic E-state index is 12.7. The highest BCUT2D eigenvalue weighted by atomic mass is 16.5. The monoisotopic (exact) mass is 959 g/mol. The molecule has 17 nitrogen and oxygen atoms in total. The third-order valence-electron chi connectivity index (χ3n) is 11.2. The van der Waals surface area contributed by atoms with Gasteiger partial charge in [-0.1, -0.05) is 89.3 Å². The van der Waals surface area contributed by atoms with E-state index in [4.69, 9.17) is 37.3 Å². The number of hydrogen-bond acceptors (Lipinski definition) is 15. The van der Waals surface area contributed by atoms with Crippen molar-refractivity contribution in [3.05, 3.63) is 184 Å². The van der Waals surface area contributed by atoms with Crippen molar-refractivity contribution in [3.63, 3.8) is 0 Å². The Labute approximate surface area is 408 Å². The number of rotatable bonds is 27. The van der Waals surface area contributed by atoms with Crippen LogP contribution < -0.4 is 25.2 Å². The molecular formula is C54H53N7O10. The highest BCUT2D eigenvalue weighted by molar-refractivity contribution is 5.81. The van der Waals surface area contributed by atoms with Crippen LogP contribution in [0.5, 0.6) is 11.5 Å². The number of hydrogen-bond donors (Lipinski definition) is 0. The molecule has 5 aromatic carbocycles. The molecule has 0 saturated carbocycles. The third kappa shape index (κ3) is 13.6. The molecule has 0 atom stereocenters. The first-order chi connectivity index (χ1) is 35.0. The SMILES string of the molecule is O=c1cc(-c2ccccc2)oc2cc(OCCOCCOCCn3cc(CN(Cc4cn(CCOCCOCCOc5ccc6c(=O)cc(-c7ccccc7)oc6c5)nn4)c4ccccc4)nn3)ccc12. The molecule has 0 amide bonds. The minimum absolute atomic E-state index is 0.106. The lowest BCUT2D eigenvalue weighted by Gasteiger charge is -2.22. The van der Waals surface area contributed by atoms with Crippen molar-refractivity contribution in [2.45, 2.75) is 26.2 Å². The summed E-state index contributed by atoms with van der Waals surface area (Å²) in [6.45, 7) is 6.04. The zero-order chi connectivity index (χ0) is 48.5. The van der Waals surface area contributed by atoms with Gasteiger partial charge >= 0.3 is 0 Å². The standard InChI is InChI=1S/C54H53N7O10/c62-49-34-51(40-10-4-1-5-11-40)70-53-32-45(16-18-47(49)53)68-30-28-66-26-24-64-22-20-60-38-42(55-57-60)36-59(44-14-8-3-9-15-44)37-43-39-61(58-56-43)21-23-65-25-27-67-29-31-69-46-17-19-48-50(63)35-52(71-54(48)33-46)41-12-6-2-7-13-41/h1-19,32-35,38-39H,20-31,36-37H2. The normalized spacial score (nSPS) is 11.4. The third-order valence-corrected chi connectivity index (χ3v) is 11.2. The van der Waals surface area contributed by atoms with Crippen LogP contribution in [0.1, 0.15) is 11.4 Å². The smallest absolute Gasteiger partial charge is 0.193 e. The molecule has 0 fully saturated rings. The Bertz CT molecular complexity index is 3000. The van der Waals surface area contributed by atoms with Crippen molar-refractivity contribution < 1.29 is 37.3 Å². The lowest BCUT2D eigenvalue weighted by Crippen LogP contribution is -2.22. The molecule has 0 unspecified atom stereocenters. The molecule has 0 aliphatic heterocycles. The Balaban J connectivity index is 0.639. The van der Waals surface area contributed by atoms with Crippen LogP contribution in [0.2, 0.25) is 0 Å². The number of benzene rings is 5. The second-order valence-electron chi connectivity index (χ2n) is 16.3. The Morgan fingerprint density at radius 3 is 1.31 bits per heavy atom. The maximum absolute atomic E-state index is 12.7. The first-order valence-electron chi connectivity index (χ1n) is 23.4. The quantitative estimate of drug-likeness (QED) is 0.0455. The second kappa shape index (κ2) is 24.5. The highest BCUT2D eigenvalue weighted by Crippen LogP contribution is 2.27. The van der Waals surface area contributed by atoms with Crippen LogP contribution in [-0.4, -0.2) is 96.1 Å². The molecule has 9 rings (SSSR count). The average molecular weight is 960 g/mol. The van der Waals surface area contributed by atoms with E-state index in [0.29, 0.717) is 137 Å². The van der Waals surface area contributed by atoms with Crippen molar-refractivity contribution in [3.8, 4) is 34.1 Å². The van der Waals surface area contributed by atoms with Crippen LogP contribution in [0.15, 0.2) is 170 Å². The van der Waals surface area contributed by atoms with Crippen molar-refractivity contribution >= 4 is 27.6 Å². The van der Waals surface area contributed by atoms with Gasteiger partial charge in [0, 0.05) is 41.1 Å². The predicted octanol–water partition coefficient (Wildman–Crippen LogP) is 7.85. The lowest BCUT2D eigenvalue weighted by atomic mass is 10.1. The number of para-hydroxylation sites is 1. The van der Waals surface area contributed by atoms with Gasteiger partial charge in [-0.25, -0.2) is 9.36 Å². The van der Waals surface area contributed by atoms with Crippen molar-refractivity contribution in [1.29, 1.82) is 0 Å².